The van der Waals surface area contributed by atoms with Crippen LogP contribution < -0.4 is 0 Å². The molecule has 4 aromatic rings. The Labute approximate surface area is 137 Å². The molecule has 1 atom stereocenters. The van der Waals surface area contributed by atoms with Crippen molar-refractivity contribution in [1.82, 2.24) is 9.55 Å². The van der Waals surface area contributed by atoms with Crippen molar-refractivity contribution in [2.24, 2.45) is 7.05 Å². The van der Waals surface area contributed by atoms with Crippen LogP contribution in [-0.4, -0.2) is 13.8 Å². The number of hydrogen-bond donors (Lipinski definition) is 0. The van der Waals surface area contributed by atoms with Crippen LogP contribution in [-0.2, 0) is 23.6 Å². The zero-order valence-electron chi connectivity index (χ0n) is 12.8. The number of imidazole rings is 1. The number of aryl methyl sites for hydroxylation is 1. The summed E-state index contributed by atoms with van der Waals surface area (Å²) in [5, 5.41) is 3.00. The summed E-state index contributed by atoms with van der Waals surface area (Å²) < 4.78 is 14.7. The number of rotatable bonds is 3. The largest absolute Gasteiger partial charge is 0.320 e. The summed E-state index contributed by atoms with van der Waals surface area (Å²) in [5.74, 6) is 0.474. The van der Waals surface area contributed by atoms with Gasteiger partial charge in [-0.1, -0.05) is 54.6 Å². The van der Waals surface area contributed by atoms with E-state index in [9.17, 15) is 4.21 Å². The van der Waals surface area contributed by atoms with Gasteiger partial charge in [0, 0.05) is 7.05 Å². The lowest BCUT2D eigenvalue weighted by atomic mass is 10.1. The predicted molar refractivity (Wildman–Crippen MR) is 94.8 cm³/mol. The molecule has 0 bridgehead atoms. The number of benzene rings is 3. The van der Waals surface area contributed by atoms with Crippen molar-refractivity contribution >= 4 is 32.6 Å². The molecule has 0 saturated carbocycles. The number of fused-ring (bicyclic) bond motifs is 2. The van der Waals surface area contributed by atoms with Gasteiger partial charge >= 0.3 is 0 Å². The van der Waals surface area contributed by atoms with Crippen LogP contribution in [0.15, 0.2) is 71.9 Å². The lowest BCUT2D eigenvalue weighted by Gasteiger charge is -2.05. The van der Waals surface area contributed by atoms with Crippen LogP contribution in [0, 0.1) is 0 Å². The van der Waals surface area contributed by atoms with Crippen molar-refractivity contribution in [3.63, 3.8) is 0 Å². The van der Waals surface area contributed by atoms with Crippen LogP contribution in [0.4, 0.5) is 0 Å². The number of aromatic nitrogens is 2. The summed E-state index contributed by atoms with van der Waals surface area (Å²) in [4.78, 5) is 4.53. The van der Waals surface area contributed by atoms with Crippen LogP contribution >= 0.6 is 0 Å². The van der Waals surface area contributed by atoms with E-state index >= 15 is 0 Å². The van der Waals surface area contributed by atoms with Gasteiger partial charge in [0.1, 0.15) is 0 Å². The summed E-state index contributed by atoms with van der Waals surface area (Å²) in [6.45, 7) is 0. The maximum Gasteiger partial charge on any atom is 0.200 e. The molecule has 23 heavy (non-hydrogen) atoms. The first-order valence-electron chi connectivity index (χ1n) is 7.50. The minimum absolute atomic E-state index is 0.474. The van der Waals surface area contributed by atoms with Gasteiger partial charge in [0.15, 0.2) is 5.16 Å². The minimum atomic E-state index is -1.17. The van der Waals surface area contributed by atoms with E-state index in [4.69, 9.17) is 0 Å². The normalized spacial score (nSPS) is 12.7. The zero-order valence-corrected chi connectivity index (χ0v) is 13.6. The molecule has 0 aliphatic rings. The van der Waals surface area contributed by atoms with Crippen LogP contribution in [0.2, 0.25) is 0 Å². The van der Waals surface area contributed by atoms with Gasteiger partial charge in [0.25, 0.3) is 0 Å². The van der Waals surface area contributed by atoms with Crippen molar-refractivity contribution in [2.45, 2.75) is 10.9 Å². The second-order valence-corrected chi connectivity index (χ2v) is 6.96. The van der Waals surface area contributed by atoms with Crippen molar-refractivity contribution in [3.8, 4) is 0 Å². The molecular weight excluding hydrogens is 304 g/mol. The van der Waals surface area contributed by atoms with Crippen molar-refractivity contribution in [1.29, 1.82) is 0 Å². The van der Waals surface area contributed by atoms with Crippen LogP contribution in [0.25, 0.3) is 21.8 Å². The second-order valence-electron chi connectivity index (χ2n) is 5.61. The Kier molecular flexibility index (Phi) is 3.46. The molecule has 0 saturated heterocycles. The Balaban J connectivity index is 1.69. The Hall–Kier alpha value is -2.46. The van der Waals surface area contributed by atoms with Gasteiger partial charge in [-0.3, -0.25) is 4.21 Å². The summed E-state index contributed by atoms with van der Waals surface area (Å²) in [6, 6.07) is 22.3. The van der Waals surface area contributed by atoms with E-state index in [1.54, 1.807) is 0 Å². The lowest BCUT2D eigenvalue weighted by Crippen LogP contribution is -2.04. The Bertz CT molecular complexity index is 1040. The smallest absolute Gasteiger partial charge is 0.200 e. The Morgan fingerprint density at radius 1 is 0.957 bits per heavy atom. The molecule has 0 spiro atoms. The van der Waals surface area contributed by atoms with Crippen molar-refractivity contribution in [3.05, 3.63) is 72.3 Å². The van der Waals surface area contributed by atoms with E-state index in [-0.39, 0.29) is 0 Å². The third-order valence-corrected chi connectivity index (χ3v) is 5.43. The topological polar surface area (TPSA) is 34.9 Å². The molecule has 1 unspecified atom stereocenters. The molecule has 1 heterocycles. The first-order valence-corrected chi connectivity index (χ1v) is 8.82. The molecule has 4 heteroatoms. The number of para-hydroxylation sites is 2. The number of nitrogens with zero attached hydrogens (tertiary/aromatic N) is 2. The van der Waals surface area contributed by atoms with E-state index in [0.29, 0.717) is 10.9 Å². The van der Waals surface area contributed by atoms with E-state index in [0.717, 1.165) is 16.6 Å². The van der Waals surface area contributed by atoms with Gasteiger partial charge in [-0.05, 0) is 28.5 Å². The Morgan fingerprint density at radius 2 is 1.70 bits per heavy atom. The predicted octanol–water partition coefficient (Wildman–Crippen LogP) is 4.03. The van der Waals surface area contributed by atoms with Gasteiger partial charge in [-0.25, -0.2) is 4.98 Å². The van der Waals surface area contributed by atoms with Crippen molar-refractivity contribution < 1.29 is 4.21 Å². The average Bonchev–Trinajstić information content (AvgIpc) is 2.92. The molecule has 0 radical (unpaired) electrons. The molecule has 3 aromatic carbocycles. The highest BCUT2D eigenvalue weighted by Gasteiger charge is 2.14. The molecule has 114 valence electrons. The third-order valence-electron chi connectivity index (χ3n) is 4.06. The Morgan fingerprint density at radius 3 is 2.52 bits per heavy atom. The highest BCUT2D eigenvalue weighted by molar-refractivity contribution is 7.84. The van der Waals surface area contributed by atoms with E-state index in [2.05, 4.69) is 29.2 Å². The lowest BCUT2D eigenvalue weighted by molar-refractivity contribution is 0.667. The van der Waals surface area contributed by atoms with Gasteiger partial charge in [0.2, 0.25) is 0 Å². The standard InChI is InChI=1S/C19H16N2OS/c1-21-18-9-5-4-8-17(18)20-19(21)23(22)13-14-10-11-15-6-2-3-7-16(15)12-14/h2-12H,13H2,1H3. The third kappa shape index (κ3) is 2.55. The SMILES string of the molecule is Cn1c(S(=O)Cc2ccc3ccccc3c2)nc2ccccc21. The second kappa shape index (κ2) is 5.63. The maximum absolute atomic E-state index is 12.8. The maximum atomic E-state index is 12.8. The molecule has 3 nitrogen and oxygen atoms in total. The van der Waals surface area contributed by atoms with Gasteiger partial charge in [-0.15, -0.1) is 0 Å². The molecule has 0 aliphatic heterocycles. The van der Waals surface area contributed by atoms with Gasteiger partial charge in [-0.2, -0.15) is 0 Å². The minimum Gasteiger partial charge on any atom is -0.320 e. The number of hydrogen-bond acceptors (Lipinski definition) is 2. The van der Waals surface area contributed by atoms with Crippen LogP contribution in [0.5, 0.6) is 0 Å². The molecule has 4 rings (SSSR count). The first-order chi connectivity index (χ1) is 11.2. The fraction of sp³-hybridized carbons (Fsp3) is 0.105. The van der Waals surface area contributed by atoms with E-state index in [1.165, 1.54) is 10.8 Å². The molecule has 0 aliphatic carbocycles. The summed E-state index contributed by atoms with van der Waals surface area (Å²) in [5.41, 5.74) is 2.96. The quantitative estimate of drug-likeness (QED) is 0.571. The zero-order chi connectivity index (χ0) is 15.8. The molecule has 1 aromatic heterocycles. The summed E-state index contributed by atoms with van der Waals surface area (Å²) in [6.07, 6.45) is 0. The van der Waals surface area contributed by atoms with Crippen LogP contribution in [0.3, 0.4) is 0 Å². The fourth-order valence-electron chi connectivity index (χ4n) is 2.87. The monoisotopic (exact) mass is 320 g/mol. The highest BCUT2D eigenvalue weighted by atomic mass is 32.2. The van der Waals surface area contributed by atoms with Gasteiger partial charge in [0.05, 0.1) is 27.6 Å². The van der Waals surface area contributed by atoms with Crippen molar-refractivity contribution in [2.75, 3.05) is 0 Å². The highest BCUT2D eigenvalue weighted by Crippen LogP contribution is 2.21. The van der Waals surface area contributed by atoms with Gasteiger partial charge < -0.3 is 4.57 Å². The van der Waals surface area contributed by atoms with E-state index < -0.39 is 10.8 Å². The van der Waals surface area contributed by atoms with E-state index in [1.807, 2.05) is 54.1 Å². The average molecular weight is 320 g/mol. The first kappa shape index (κ1) is 14.2. The molecule has 0 N–H and O–H groups in total. The summed E-state index contributed by atoms with van der Waals surface area (Å²) >= 11 is 0. The molecular formula is C19H16N2OS. The molecule has 0 amide bonds. The summed E-state index contributed by atoms with van der Waals surface area (Å²) in [7, 11) is 0.750. The fourth-order valence-corrected chi connectivity index (χ4v) is 4.09. The van der Waals surface area contributed by atoms with Crippen LogP contribution in [0.1, 0.15) is 5.56 Å². The molecule has 0 fully saturated rings.